The van der Waals surface area contributed by atoms with Gasteiger partial charge in [0.25, 0.3) is 0 Å². The zero-order valence-corrected chi connectivity index (χ0v) is 16.4. The van der Waals surface area contributed by atoms with Gasteiger partial charge in [-0.2, -0.15) is 0 Å². The first-order chi connectivity index (χ1) is 12.6. The normalized spacial score (nSPS) is 16.5. The lowest BCUT2D eigenvalue weighted by Crippen LogP contribution is -2.49. The number of benzene rings is 2. The van der Waals surface area contributed by atoms with E-state index in [1.807, 2.05) is 17.0 Å². The van der Waals surface area contributed by atoms with Crippen molar-refractivity contribution in [1.29, 1.82) is 0 Å². The summed E-state index contributed by atoms with van der Waals surface area (Å²) >= 11 is 5.99. The van der Waals surface area contributed by atoms with Gasteiger partial charge in [-0.1, -0.05) is 61.3 Å². The molecule has 1 unspecified atom stereocenters. The van der Waals surface area contributed by atoms with Crippen molar-refractivity contribution >= 4 is 17.5 Å². The Balaban J connectivity index is 1.74. The molecule has 3 rings (SSSR count). The molecule has 0 aliphatic carbocycles. The zero-order chi connectivity index (χ0) is 18.5. The minimum atomic E-state index is 0.184. The molecule has 1 heterocycles. The molecule has 3 nitrogen and oxygen atoms in total. The molecule has 0 aromatic heterocycles. The smallest absolute Gasteiger partial charge is 0.219 e. The maximum atomic E-state index is 11.6. The SMILES string of the molecule is CCCC(c1ccc(-c2ccc(Cl)cc2)cc1)N1CCN(C(C)=O)CC1. The molecule has 1 saturated heterocycles. The minimum Gasteiger partial charge on any atom is -0.340 e. The average molecular weight is 371 g/mol. The van der Waals surface area contributed by atoms with Gasteiger partial charge in [0.15, 0.2) is 0 Å². The third kappa shape index (κ3) is 4.46. The number of halogens is 1. The van der Waals surface area contributed by atoms with E-state index in [4.69, 9.17) is 11.6 Å². The van der Waals surface area contributed by atoms with E-state index in [9.17, 15) is 4.79 Å². The van der Waals surface area contributed by atoms with Crippen molar-refractivity contribution in [1.82, 2.24) is 9.80 Å². The first-order valence-corrected chi connectivity index (χ1v) is 9.81. The molecule has 1 aliphatic heterocycles. The van der Waals surface area contributed by atoms with Gasteiger partial charge in [0.2, 0.25) is 5.91 Å². The van der Waals surface area contributed by atoms with Crippen LogP contribution in [0.4, 0.5) is 0 Å². The van der Waals surface area contributed by atoms with Gasteiger partial charge in [0.1, 0.15) is 0 Å². The van der Waals surface area contributed by atoms with E-state index in [0.29, 0.717) is 6.04 Å². The Morgan fingerprint density at radius 2 is 1.50 bits per heavy atom. The maximum absolute atomic E-state index is 11.6. The van der Waals surface area contributed by atoms with Crippen LogP contribution in [0.5, 0.6) is 0 Å². The lowest BCUT2D eigenvalue weighted by molar-refractivity contribution is -0.130. The number of nitrogens with zero attached hydrogens (tertiary/aromatic N) is 2. The van der Waals surface area contributed by atoms with Crippen LogP contribution in [0.15, 0.2) is 48.5 Å². The quantitative estimate of drug-likeness (QED) is 0.738. The Hall–Kier alpha value is -1.84. The summed E-state index contributed by atoms with van der Waals surface area (Å²) in [5.41, 5.74) is 3.76. The fourth-order valence-corrected chi connectivity index (χ4v) is 3.85. The monoisotopic (exact) mass is 370 g/mol. The average Bonchev–Trinajstić information content (AvgIpc) is 2.67. The highest BCUT2D eigenvalue weighted by atomic mass is 35.5. The molecular weight excluding hydrogens is 344 g/mol. The van der Waals surface area contributed by atoms with E-state index in [0.717, 1.165) is 44.0 Å². The molecule has 2 aromatic rings. The van der Waals surface area contributed by atoms with Gasteiger partial charge < -0.3 is 4.90 Å². The number of carbonyl (C=O) groups excluding carboxylic acids is 1. The van der Waals surface area contributed by atoms with Crippen molar-refractivity contribution < 1.29 is 4.79 Å². The molecule has 0 bridgehead atoms. The molecule has 0 saturated carbocycles. The third-order valence-electron chi connectivity index (χ3n) is 5.24. The molecule has 1 atom stereocenters. The fourth-order valence-electron chi connectivity index (χ4n) is 3.72. The number of carbonyl (C=O) groups is 1. The van der Waals surface area contributed by atoms with Crippen LogP contribution in [0.3, 0.4) is 0 Å². The van der Waals surface area contributed by atoms with Gasteiger partial charge in [-0.15, -0.1) is 0 Å². The van der Waals surface area contributed by atoms with Gasteiger partial charge in [-0.05, 0) is 35.2 Å². The molecule has 0 N–H and O–H groups in total. The first-order valence-electron chi connectivity index (χ1n) is 9.44. The van der Waals surface area contributed by atoms with Crippen LogP contribution < -0.4 is 0 Å². The van der Waals surface area contributed by atoms with Crippen LogP contribution in [0, 0.1) is 0 Å². The van der Waals surface area contributed by atoms with Crippen LogP contribution in [-0.4, -0.2) is 41.9 Å². The van der Waals surface area contributed by atoms with Crippen molar-refractivity contribution in [3.8, 4) is 11.1 Å². The first kappa shape index (κ1) is 18.9. The van der Waals surface area contributed by atoms with Crippen molar-refractivity contribution in [3.05, 3.63) is 59.1 Å². The second kappa shape index (κ2) is 8.70. The Kier molecular flexibility index (Phi) is 6.33. The molecule has 0 spiro atoms. The maximum Gasteiger partial charge on any atom is 0.219 e. The van der Waals surface area contributed by atoms with Crippen LogP contribution in [0.2, 0.25) is 5.02 Å². The van der Waals surface area contributed by atoms with Gasteiger partial charge in [-0.25, -0.2) is 0 Å². The van der Waals surface area contributed by atoms with Crippen molar-refractivity contribution in [2.75, 3.05) is 26.2 Å². The number of hydrogen-bond acceptors (Lipinski definition) is 2. The minimum absolute atomic E-state index is 0.184. The molecule has 1 amide bonds. The summed E-state index contributed by atoms with van der Waals surface area (Å²) < 4.78 is 0. The van der Waals surface area contributed by atoms with E-state index in [-0.39, 0.29) is 5.91 Å². The van der Waals surface area contributed by atoms with Crippen LogP contribution in [0.1, 0.15) is 38.3 Å². The van der Waals surface area contributed by atoms with Crippen molar-refractivity contribution in [2.45, 2.75) is 32.7 Å². The second-order valence-electron chi connectivity index (χ2n) is 6.98. The summed E-state index contributed by atoms with van der Waals surface area (Å²) in [5.74, 6) is 0.184. The molecule has 1 fully saturated rings. The molecule has 0 radical (unpaired) electrons. The molecular formula is C22H27ClN2O. The summed E-state index contributed by atoms with van der Waals surface area (Å²) in [6, 6.07) is 17.3. The second-order valence-corrected chi connectivity index (χ2v) is 7.41. The third-order valence-corrected chi connectivity index (χ3v) is 5.49. The van der Waals surface area contributed by atoms with E-state index in [1.54, 1.807) is 6.92 Å². The van der Waals surface area contributed by atoms with E-state index < -0.39 is 0 Å². The van der Waals surface area contributed by atoms with Crippen LogP contribution >= 0.6 is 11.6 Å². The number of amides is 1. The van der Waals surface area contributed by atoms with Gasteiger partial charge >= 0.3 is 0 Å². The predicted octanol–water partition coefficient (Wildman–Crippen LogP) is 5.01. The highest BCUT2D eigenvalue weighted by molar-refractivity contribution is 6.30. The molecule has 26 heavy (non-hydrogen) atoms. The topological polar surface area (TPSA) is 23.6 Å². The summed E-state index contributed by atoms with van der Waals surface area (Å²) in [5, 5.41) is 0.762. The number of rotatable bonds is 5. The van der Waals surface area contributed by atoms with Crippen molar-refractivity contribution in [3.63, 3.8) is 0 Å². The lowest BCUT2D eigenvalue weighted by atomic mass is 9.96. The molecule has 138 valence electrons. The van der Waals surface area contributed by atoms with Crippen LogP contribution in [0.25, 0.3) is 11.1 Å². The Morgan fingerprint density at radius 3 is 2.00 bits per heavy atom. The van der Waals surface area contributed by atoms with E-state index in [2.05, 4.69) is 48.2 Å². The summed E-state index contributed by atoms with van der Waals surface area (Å²) in [7, 11) is 0. The Labute approximate surface area is 161 Å². The van der Waals surface area contributed by atoms with Crippen LogP contribution in [-0.2, 0) is 4.79 Å². The predicted molar refractivity (Wildman–Crippen MR) is 108 cm³/mol. The van der Waals surface area contributed by atoms with Gasteiger partial charge in [0.05, 0.1) is 0 Å². The van der Waals surface area contributed by atoms with Gasteiger partial charge in [0, 0.05) is 44.2 Å². The highest BCUT2D eigenvalue weighted by Crippen LogP contribution is 2.29. The molecule has 4 heteroatoms. The van der Waals surface area contributed by atoms with E-state index >= 15 is 0 Å². The molecule has 1 aliphatic rings. The largest absolute Gasteiger partial charge is 0.340 e. The Bertz CT molecular complexity index is 719. The summed E-state index contributed by atoms with van der Waals surface area (Å²) in [6.45, 7) is 7.46. The number of piperazine rings is 1. The zero-order valence-electron chi connectivity index (χ0n) is 15.6. The van der Waals surface area contributed by atoms with E-state index in [1.165, 1.54) is 16.7 Å². The summed E-state index contributed by atoms with van der Waals surface area (Å²) in [6.07, 6.45) is 2.29. The highest BCUT2D eigenvalue weighted by Gasteiger charge is 2.25. The standard InChI is InChI=1S/C22H27ClN2O/c1-3-4-22(25-15-13-24(14-16-25)17(2)26)20-7-5-18(6-8-20)19-9-11-21(23)12-10-19/h5-12,22H,3-4,13-16H2,1-2H3. The Morgan fingerprint density at radius 1 is 0.962 bits per heavy atom. The van der Waals surface area contributed by atoms with Gasteiger partial charge in [-0.3, -0.25) is 9.69 Å². The lowest BCUT2D eigenvalue weighted by Gasteiger charge is -2.39. The number of hydrogen-bond donors (Lipinski definition) is 0. The molecule has 2 aromatic carbocycles. The van der Waals surface area contributed by atoms with Crippen molar-refractivity contribution in [2.24, 2.45) is 0 Å². The fraction of sp³-hybridized carbons (Fsp3) is 0.409. The summed E-state index contributed by atoms with van der Waals surface area (Å²) in [4.78, 5) is 16.0.